The van der Waals surface area contributed by atoms with Gasteiger partial charge in [0.05, 0.1) is 12.2 Å². The maximum atomic E-state index is 12.4. The van der Waals surface area contributed by atoms with E-state index in [0.29, 0.717) is 6.42 Å². The molecule has 0 fully saturated rings. The average molecular weight is 357 g/mol. The van der Waals surface area contributed by atoms with Gasteiger partial charge in [-0.2, -0.15) is 0 Å². The van der Waals surface area contributed by atoms with Crippen LogP contribution in [0, 0.1) is 19.8 Å². The second kappa shape index (κ2) is 7.78. The van der Waals surface area contributed by atoms with Crippen LogP contribution < -0.4 is 5.32 Å². The Morgan fingerprint density at radius 1 is 1.44 bits per heavy atom. The fourth-order valence-electron chi connectivity index (χ4n) is 2.98. The van der Waals surface area contributed by atoms with Crippen molar-refractivity contribution < 1.29 is 9.32 Å². The van der Waals surface area contributed by atoms with Crippen molar-refractivity contribution in [3.8, 4) is 0 Å². The highest BCUT2D eigenvalue weighted by Gasteiger charge is 2.18. The summed E-state index contributed by atoms with van der Waals surface area (Å²) in [6.45, 7) is 5.91. The molecule has 0 aromatic carbocycles. The third kappa shape index (κ3) is 4.45. The Hall–Kier alpha value is -2.21. The number of hydrogen-bond acceptors (Lipinski definition) is 5. The fourth-order valence-corrected chi connectivity index (χ4v) is 3.75. The zero-order valence-electron chi connectivity index (χ0n) is 14.8. The van der Waals surface area contributed by atoms with Gasteiger partial charge in [0, 0.05) is 23.1 Å². The maximum Gasteiger partial charge on any atom is 0.221 e. The normalized spacial score (nSPS) is 18.5. The van der Waals surface area contributed by atoms with E-state index in [9.17, 15) is 4.79 Å². The predicted octanol–water partition coefficient (Wildman–Crippen LogP) is 4.37. The van der Waals surface area contributed by atoms with Crippen molar-refractivity contribution in [1.29, 1.82) is 0 Å². The molecule has 2 aromatic heterocycles. The molecule has 0 bridgehead atoms. The lowest BCUT2D eigenvalue weighted by molar-refractivity contribution is -0.122. The minimum atomic E-state index is -0.0469. The van der Waals surface area contributed by atoms with E-state index in [1.165, 1.54) is 0 Å². The molecule has 2 atom stereocenters. The molecule has 25 heavy (non-hydrogen) atoms. The molecular formula is C19H23N3O2S. The lowest BCUT2D eigenvalue weighted by Gasteiger charge is -2.14. The summed E-state index contributed by atoms with van der Waals surface area (Å²) in [6, 6.07) is -0.0469. The van der Waals surface area contributed by atoms with Gasteiger partial charge in [0.1, 0.15) is 10.8 Å². The molecule has 2 heterocycles. The Balaban J connectivity index is 1.57. The van der Waals surface area contributed by atoms with E-state index < -0.39 is 0 Å². The lowest BCUT2D eigenvalue weighted by Crippen LogP contribution is -2.28. The van der Waals surface area contributed by atoms with Crippen LogP contribution in [0.3, 0.4) is 0 Å². The Kier molecular flexibility index (Phi) is 5.48. The number of carbonyl (C=O) groups is 1. The molecule has 132 valence electrons. The zero-order valence-corrected chi connectivity index (χ0v) is 15.6. The van der Waals surface area contributed by atoms with E-state index >= 15 is 0 Å². The summed E-state index contributed by atoms with van der Waals surface area (Å²) >= 11 is 1.62. The molecule has 6 heteroatoms. The molecule has 0 saturated heterocycles. The van der Waals surface area contributed by atoms with Crippen LogP contribution in [-0.2, 0) is 4.79 Å². The van der Waals surface area contributed by atoms with Crippen molar-refractivity contribution in [3.63, 3.8) is 0 Å². The van der Waals surface area contributed by atoms with Crippen LogP contribution in [0.15, 0.2) is 35.1 Å². The van der Waals surface area contributed by atoms with Crippen LogP contribution in [0.4, 0.5) is 0 Å². The molecule has 2 aromatic rings. The largest absolute Gasteiger partial charge is 0.361 e. The number of amides is 1. The summed E-state index contributed by atoms with van der Waals surface area (Å²) in [6.07, 6.45) is 12.4. The SMILES string of the molecule is Cc1cnc(C(C)NC(=O)CC2C=CC(c3cnoc3C)=CCC2)s1. The molecule has 1 aliphatic rings. The predicted molar refractivity (Wildman–Crippen MR) is 99.1 cm³/mol. The van der Waals surface area contributed by atoms with Crippen molar-refractivity contribution in [3.05, 3.63) is 51.8 Å². The molecule has 0 aliphatic heterocycles. The van der Waals surface area contributed by atoms with Crippen molar-refractivity contribution in [2.24, 2.45) is 5.92 Å². The third-order valence-corrected chi connectivity index (χ3v) is 5.44. The topological polar surface area (TPSA) is 68.0 Å². The van der Waals surface area contributed by atoms with Crippen LogP contribution in [0.2, 0.25) is 0 Å². The Morgan fingerprint density at radius 2 is 2.28 bits per heavy atom. The van der Waals surface area contributed by atoms with Crippen molar-refractivity contribution >= 4 is 22.8 Å². The number of thiazole rings is 1. The summed E-state index contributed by atoms with van der Waals surface area (Å²) in [4.78, 5) is 17.9. The van der Waals surface area contributed by atoms with Crippen molar-refractivity contribution in [1.82, 2.24) is 15.5 Å². The highest BCUT2D eigenvalue weighted by molar-refractivity contribution is 7.11. The van der Waals surface area contributed by atoms with Gasteiger partial charge in [-0.05, 0) is 45.1 Å². The number of nitrogens with zero attached hydrogens (tertiary/aromatic N) is 2. The van der Waals surface area contributed by atoms with Gasteiger partial charge in [-0.15, -0.1) is 11.3 Å². The summed E-state index contributed by atoms with van der Waals surface area (Å²) in [5.74, 6) is 1.12. The maximum absolute atomic E-state index is 12.4. The molecular weight excluding hydrogens is 334 g/mol. The number of carbonyl (C=O) groups excluding carboxylic acids is 1. The van der Waals surface area contributed by atoms with Gasteiger partial charge in [0.15, 0.2) is 0 Å². The quantitative estimate of drug-likeness (QED) is 0.863. The first kappa shape index (κ1) is 17.6. The van der Waals surface area contributed by atoms with Crippen LogP contribution in [0.1, 0.15) is 53.4 Å². The summed E-state index contributed by atoms with van der Waals surface area (Å²) < 4.78 is 5.14. The second-order valence-electron chi connectivity index (χ2n) is 6.45. The van der Waals surface area contributed by atoms with Crippen LogP contribution in [0.5, 0.6) is 0 Å². The molecule has 1 amide bonds. The number of hydrogen-bond donors (Lipinski definition) is 1. The van der Waals surface area contributed by atoms with Crippen LogP contribution in [-0.4, -0.2) is 16.0 Å². The standard InChI is InChI=1S/C19H23N3O2S/c1-12-10-20-19(25-12)13(2)22-18(23)9-15-5-4-6-16(8-7-15)17-11-21-24-14(17)3/h6-8,10-11,13,15H,4-5,9H2,1-3H3,(H,22,23). The van der Waals surface area contributed by atoms with Gasteiger partial charge in [-0.1, -0.05) is 23.4 Å². The summed E-state index contributed by atoms with van der Waals surface area (Å²) in [5, 5.41) is 7.85. The minimum absolute atomic E-state index is 0.0469. The van der Waals surface area contributed by atoms with E-state index in [4.69, 9.17) is 4.52 Å². The van der Waals surface area contributed by atoms with Gasteiger partial charge in [0.25, 0.3) is 0 Å². The summed E-state index contributed by atoms with van der Waals surface area (Å²) in [5.41, 5.74) is 2.14. The molecule has 1 N–H and O–H groups in total. The van der Waals surface area contributed by atoms with Gasteiger partial charge < -0.3 is 9.84 Å². The Bertz CT molecular complexity index is 803. The second-order valence-corrected chi connectivity index (χ2v) is 7.72. The number of rotatable bonds is 5. The fraction of sp³-hybridized carbons (Fsp3) is 0.421. The van der Waals surface area contributed by atoms with Crippen molar-refractivity contribution in [2.45, 2.75) is 46.1 Å². The highest BCUT2D eigenvalue weighted by atomic mass is 32.1. The first-order valence-electron chi connectivity index (χ1n) is 8.54. The Morgan fingerprint density at radius 3 is 2.96 bits per heavy atom. The smallest absolute Gasteiger partial charge is 0.221 e. The highest BCUT2D eigenvalue weighted by Crippen LogP contribution is 2.27. The van der Waals surface area contributed by atoms with Gasteiger partial charge >= 0.3 is 0 Å². The molecule has 3 rings (SSSR count). The molecule has 0 radical (unpaired) electrons. The molecule has 2 unspecified atom stereocenters. The zero-order chi connectivity index (χ0) is 17.8. The number of nitrogens with one attached hydrogen (secondary N) is 1. The number of allylic oxidation sites excluding steroid dienone is 4. The molecule has 0 spiro atoms. The van der Waals surface area contributed by atoms with E-state index in [1.807, 2.05) is 27.0 Å². The number of aromatic nitrogens is 2. The average Bonchev–Trinajstić information content (AvgIpc) is 3.12. The lowest BCUT2D eigenvalue weighted by atomic mass is 9.99. The van der Waals surface area contributed by atoms with Crippen molar-refractivity contribution in [2.75, 3.05) is 0 Å². The third-order valence-electron chi connectivity index (χ3n) is 4.35. The van der Waals surface area contributed by atoms with Gasteiger partial charge in [-0.25, -0.2) is 4.98 Å². The molecule has 0 saturated carbocycles. The molecule has 5 nitrogen and oxygen atoms in total. The first-order chi connectivity index (χ1) is 12.0. The van der Waals surface area contributed by atoms with Crippen LogP contribution in [0.25, 0.3) is 5.57 Å². The Labute approximate surface area is 151 Å². The molecule has 1 aliphatic carbocycles. The van der Waals surface area contributed by atoms with Gasteiger partial charge in [0.2, 0.25) is 5.91 Å². The number of aryl methyl sites for hydroxylation is 2. The van der Waals surface area contributed by atoms with E-state index in [0.717, 1.165) is 39.6 Å². The van der Waals surface area contributed by atoms with E-state index in [2.05, 4.69) is 33.7 Å². The minimum Gasteiger partial charge on any atom is -0.361 e. The van der Waals surface area contributed by atoms with E-state index in [1.54, 1.807) is 17.5 Å². The monoisotopic (exact) mass is 357 g/mol. The first-order valence-corrected chi connectivity index (χ1v) is 9.36. The van der Waals surface area contributed by atoms with Gasteiger partial charge in [-0.3, -0.25) is 4.79 Å². The van der Waals surface area contributed by atoms with Crippen LogP contribution >= 0.6 is 11.3 Å². The van der Waals surface area contributed by atoms with E-state index in [-0.39, 0.29) is 17.9 Å². The summed E-state index contributed by atoms with van der Waals surface area (Å²) in [7, 11) is 0.